The molecule has 0 aliphatic carbocycles. The predicted molar refractivity (Wildman–Crippen MR) is 106 cm³/mol. The van der Waals surface area contributed by atoms with Crippen LogP contribution in [-0.2, 0) is 0 Å². The number of anilines is 1. The molecule has 122 valence electrons. The van der Waals surface area contributed by atoms with E-state index in [1.807, 2.05) is 18.2 Å². The van der Waals surface area contributed by atoms with Crippen LogP contribution in [-0.4, -0.2) is 6.04 Å². The van der Waals surface area contributed by atoms with Gasteiger partial charge in [0.1, 0.15) is 0 Å². The summed E-state index contributed by atoms with van der Waals surface area (Å²) in [4.78, 5) is 0. The summed E-state index contributed by atoms with van der Waals surface area (Å²) in [6.45, 7) is 0. The van der Waals surface area contributed by atoms with Gasteiger partial charge in [-0.25, -0.2) is 0 Å². The number of hydrogen-bond acceptors (Lipinski definition) is 2. The van der Waals surface area contributed by atoms with Crippen molar-refractivity contribution >= 4 is 17.5 Å². The highest BCUT2D eigenvalue weighted by molar-refractivity contribution is 5.72. The normalized spacial score (nSPS) is 16.7. The van der Waals surface area contributed by atoms with E-state index >= 15 is 0 Å². The van der Waals surface area contributed by atoms with Crippen LogP contribution in [0.2, 0.25) is 0 Å². The van der Waals surface area contributed by atoms with E-state index in [1.54, 1.807) is 0 Å². The topological polar surface area (TPSA) is 15.3 Å². The average Bonchev–Trinajstić information content (AvgIpc) is 3.13. The summed E-state index contributed by atoms with van der Waals surface area (Å²) in [5.41, 5.74) is 8.23. The van der Waals surface area contributed by atoms with Crippen molar-refractivity contribution in [2.75, 3.05) is 5.01 Å². The highest BCUT2D eigenvalue weighted by atomic mass is 15.5. The van der Waals surface area contributed by atoms with Gasteiger partial charge in [-0.2, -0.15) is 0 Å². The fraction of sp³-hybridized carbons (Fsp3) is 0.0435. The highest BCUT2D eigenvalue weighted by Gasteiger charge is 2.23. The van der Waals surface area contributed by atoms with E-state index in [9.17, 15) is 0 Å². The van der Waals surface area contributed by atoms with Gasteiger partial charge in [-0.15, -0.1) is 0 Å². The second kappa shape index (κ2) is 7.10. The number of hydrogen-bond donors (Lipinski definition) is 1. The first kappa shape index (κ1) is 15.3. The number of hydrazine groups is 1. The smallest absolute Gasteiger partial charge is 0.0892 e. The Labute approximate surface area is 148 Å². The maximum Gasteiger partial charge on any atom is 0.0892 e. The van der Waals surface area contributed by atoms with E-state index in [0.29, 0.717) is 0 Å². The molecule has 3 aromatic carbocycles. The van der Waals surface area contributed by atoms with Gasteiger partial charge in [-0.3, -0.25) is 10.4 Å². The molecule has 1 aliphatic heterocycles. The number of para-hydroxylation sites is 1. The molecule has 1 unspecified atom stereocenters. The van der Waals surface area contributed by atoms with E-state index in [-0.39, 0.29) is 6.04 Å². The summed E-state index contributed by atoms with van der Waals surface area (Å²) in [7, 11) is 0. The largest absolute Gasteiger partial charge is 0.297 e. The van der Waals surface area contributed by atoms with Crippen LogP contribution in [0, 0.1) is 0 Å². The van der Waals surface area contributed by atoms with Gasteiger partial charge < -0.3 is 0 Å². The Morgan fingerprint density at radius 3 is 2.00 bits per heavy atom. The summed E-state index contributed by atoms with van der Waals surface area (Å²) in [5.74, 6) is 0. The maximum absolute atomic E-state index is 3.55. The molecule has 1 aliphatic rings. The second-order valence-electron chi connectivity index (χ2n) is 6.02. The first-order chi connectivity index (χ1) is 12.4. The lowest BCUT2D eigenvalue weighted by atomic mass is 10.1. The molecule has 1 atom stereocenters. The first-order valence-corrected chi connectivity index (χ1v) is 8.51. The molecular formula is C23H20N2. The van der Waals surface area contributed by atoms with Crippen molar-refractivity contribution in [1.82, 2.24) is 5.43 Å². The van der Waals surface area contributed by atoms with E-state index < -0.39 is 0 Å². The molecule has 25 heavy (non-hydrogen) atoms. The lowest BCUT2D eigenvalue weighted by Crippen LogP contribution is -2.37. The van der Waals surface area contributed by atoms with Crippen LogP contribution in [0.15, 0.2) is 103 Å². The summed E-state index contributed by atoms with van der Waals surface area (Å²) in [6.07, 6.45) is 6.67. The van der Waals surface area contributed by atoms with Crippen molar-refractivity contribution in [3.8, 4) is 0 Å². The minimum absolute atomic E-state index is 0.151. The summed E-state index contributed by atoms with van der Waals surface area (Å²) in [5, 5.41) is 2.20. The van der Waals surface area contributed by atoms with Gasteiger partial charge in [0.2, 0.25) is 0 Å². The van der Waals surface area contributed by atoms with Gasteiger partial charge in [0.25, 0.3) is 0 Å². The van der Waals surface area contributed by atoms with Crippen LogP contribution in [0.1, 0.15) is 11.1 Å². The minimum atomic E-state index is 0.151. The van der Waals surface area contributed by atoms with Crippen LogP contribution in [0.5, 0.6) is 0 Å². The molecule has 0 saturated heterocycles. The fourth-order valence-corrected chi connectivity index (χ4v) is 3.01. The van der Waals surface area contributed by atoms with Crippen LogP contribution >= 0.6 is 0 Å². The summed E-state index contributed by atoms with van der Waals surface area (Å²) >= 11 is 0. The standard InChI is InChI=1S/C23H20N2/c1-4-10-19(11-5-1)16-17-22-18-23(20-12-6-2-7-13-20)24-25(22)21-14-8-3-9-15-21/h1-18,22,24H. The third kappa shape index (κ3) is 3.48. The van der Waals surface area contributed by atoms with E-state index in [1.165, 1.54) is 11.1 Å². The summed E-state index contributed by atoms with van der Waals surface area (Å²) in [6, 6.07) is 31.4. The predicted octanol–water partition coefficient (Wildman–Crippen LogP) is 5.13. The first-order valence-electron chi connectivity index (χ1n) is 8.51. The van der Waals surface area contributed by atoms with Crippen LogP contribution in [0.4, 0.5) is 5.69 Å². The molecule has 0 aromatic heterocycles. The van der Waals surface area contributed by atoms with Gasteiger partial charge in [-0.05, 0) is 29.3 Å². The molecule has 0 spiro atoms. The molecule has 0 bridgehead atoms. The van der Waals surface area contributed by atoms with Crippen molar-refractivity contribution in [2.45, 2.75) is 6.04 Å². The number of nitrogens with zero attached hydrogens (tertiary/aromatic N) is 1. The van der Waals surface area contributed by atoms with Gasteiger partial charge in [-0.1, -0.05) is 91.0 Å². The Morgan fingerprint density at radius 1 is 0.720 bits per heavy atom. The zero-order valence-electron chi connectivity index (χ0n) is 13.9. The van der Waals surface area contributed by atoms with Gasteiger partial charge in [0.15, 0.2) is 0 Å². The number of nitrogens with one attached hydrogen (secondary N) is 1. The number of benzene rings is 3. The molecule has 0 saturated carbocycles. The second-order valence-corrected chi connectivity index (χ2v) is 6.02. The molecule has 0 fully saturated rings. The van der Waals surface area contributed by atoms with Crippen LogP contribution < -0.4 is 10.4 Å². The van der Waals surface area contributed by atoms with Gasteiger partial charge in [0, 0.05) is 0 Å². The molecule has 2 nitrogen and oxygen atoms in total. The number of rotatable bonds is 4. The quantitative estimate of drug-likeness (QED) is 0.715. The Morgan fingerprint density at radius 2 is 1.32 bits per heavy atom. The molecular weight excluding hydrogens is 304 g/mol. The van der Waals surface area contributed by atoms with Crippen molar-refractivity contribution in [3.05, 3.63) is 114 Å². The lowest BCUT2D eigenvalue weighted by molar-refractivity contribution is 0.779. The molecule has 0 radical (unpaired) electrons. The fourth-order valence-electron chi connectivity index (χ4n) is 3.01. The van der Waals surface area contributed by atoms with Gasteiger partial charge >= 0.3 is 0 Å². The highest BCUT2D eigenvalue weighted by Crippen LogP contribution is 2.26. The lowest BCUT2D eigenvalue weighted by Gasteiger charge is -2.25. The van der Waals surface area contributed by atoms with E-state index in [2.05, 4.69) is 101 Å². The minimum Gasteiger partial charge on any atom is -0.297 e. The Balaban J connectivity index is 1.66. The van der Waals surface area contributed by atoms with E-state index in [4.69, 9.17) is 0 Å². The Hall–Kier alpha value is -3.26. The molecule has 1 heterocycles. The molecule has 1 N–H and O–H groups in total. The van der Waals surface area contributed by atoms with Gasteiger partial charge in [0.05, 0.1) is 17.4 Å². The molecule has 3 aromatic rings. The zero-order chi connectivity index (χ0) is 16.9. The maximum atomic E-state index is 3.55. The third-order valence-electron chi connectivity index (χ3n) is 4.28. The Kier molecular flexibility index (Phi) is 4.34. The van der Waals surface area contributed by atoms with Crippen molar-refractivity contribution < 1.29 is 0 Å². The monoisotopic (exact) mass is 324 g/mol. The molecule has 0 amide bonds. The SMILES string of the molecule is C(=CC1C=C(c2ccccc2)NN1c1ccccc1)c1ccccc1. The van der Waals surface area contributed by atoms with Crippen molar-refractivity contribution in [3.63, 3.8) is 0 Å². The Bertz CT molecular complexity index is 868. The average molecular weight is 324 g/mol. The zero-order valence-corrected chi connectivity index (χ0v) is 13.9. The van der Waals surface area contributed by atoms with Crippen LogP contribution in [0.25, 0.3) is 11.8 Å². The van der Waals surface area contributed by atoms with Crippen LogP contribution in [0.3, 0.4) is 0 Å². The summed E-state index contributed by atoms with van der Waals surface area (Å²) < 4.78 is 0. The van der Waals surface area contributed by atoms with E-state index in [0.717, 1.165) is 11.4 Å². The van der Waals surface area contributed by atoms with Crippen molar-refractivity contribution in [2.24, 2.45) is 0 Å². The molecule has 4 rings (SSSR count). The van der Waals surface area contributed by atoms with Crippen molar-refractivity contribution in [1.29, 1.82) is 0 Å². The third-order valence-corrected chi connectivity index (χ3v) is 4.28. The molecule has 2 heteroatoms.